The lowest BCUT2D eigenvalue weighted by atomic mass is 10.0. The fraction of sp³-hybridized carbons (Fsp3) is 0.945. The molecule has 0 saturated carbocycles. The molecule has 0 aromatic rings. The number of unbranched alkanes of at least 4 members (excludes halogenated alkanes) is 34. The molecule has 0 unspecified atom stereocenters. The van der Waals surface area contributed by atoms with Gasteiger partial charge < -0.3 is 14.2 Å². The van der Waals surface area contributed by atoms with Crippen molar-refractivity contribution in [2.45, 2.75) is 310 Å². The summed E-state index contributed by atoms with van der Waals surface area (Å²) in [5.74, 6) is 0.770. The second kappa shape index (κ2) is 47.9. The zero-order valence-electron chi connectivity index (χ0n) is 41.8. The van der Waals surface area contributed by atoms with Gasteiger partial charge in [0.05, 0.1) is 0 Å². The number of carbonyl (C=O) groups is 3. The molecule has 61 heavy (non-hydrogen) atoms. The third-order valence-corrected chi connectivity index (χ3v) is 12.5. The van der Waals surface area contributed by atoms with E-state index in [2.05, 4.69) is 34.6 Å². The summed E-state index contributed by atoms with van der Waals surface area (Å²) in [7, 11) is 0. The van der Waals surface area contributed by atoms with Gasteiger partial charge in [-0.25, -0.2) is 0 Å². The highest BCUT2D eigenvalue weighted by Crippen LogP contribution is 2.18. The van der Waals surface area contributed by atoms with Gasteiger partial charge in [-0.1, -0.05) is 266 Å². The number of hydrogen-bond donors (Lipinski definition) is 0. The highest BCUT2D eigenvalue weighted by atomic mass is 16.6. The Morgan fingerprint density at radius 2 is 0.541 bits per heavy atom. The third kappa shape index (κ3) is 49.3. The molecule has 0 N–H and O–H groups in total. The first kappa shape index (κ1) is 59.4. The molecule has 0 aliphatic heterocycles. The molecule has 0 aliphatic rings. The molecule has 0 spiro atoms. The normalized spacial score (nSPS) is 12.0. The first-order chi connectivity index (χ1) is 29.7. The molecule has 0 heterocycles. The highest BCUT2D eigenvalue weighted by Gasteiger charge is 2.19. The van der Waals surface area contributed by atoms with Gasteiger partial charge in [0.15, 0.2) is 6.10 Å². The lowest BCUT2D eigenvalue weighted by Crippen LogP contribution is -2.30. The minimum atomic E-state index is -0.762. The van der Waals surface area contributed by atoms with E-state index in [0.29, 0.717) is 19.3 Å². The smallest absolute Gasteiger partial charge is 0.306 e. The topological polar surface area (TPSA) is 78.9 Å². The van der Waals surface area contributed by atoms with Gasteiger partial charge >= 0.3 is 17.9 Å². The molecule has 0 saturated heterocycles. The van der Waals surface area contributed by atoms with Crippen molar-refractivity contribution in [1.29, 1.82) is 0 Å². The second-order valence-corrected chi connectivity index (χ2v) is 19.8. The summed E-state index contributed by atoms with van der Waals surface area (Å²) in [6.07, 6.45) is 49.6. The van der Waals surface area contributed by atoms with Crippen LogP contribution in [-0.2, 0) is 28.6 Å². The molecule has 1 atom stereocenters. The number of hydrogen-bond acceptors (Lipinski definition) is 6. The molecule has 0 aliphatic carbocycles. The Bertz CT molecular complexity index is 931. The Kier molecular flexibility index (Phi) is 46.6. The van der Waals surface area contributed by atoms with Gasteiger partial charge in [-0.15, -0.1) is 0 Å². The van der Waals surface area contributed by atoms with E-state index in [0.717, 1.165) is 69.6 Å². The zero-order valence-corrected chi connectivity index (χ0v) is 41.8. The molecule has 0 bridgehead atoms. The molecule has 362 valence electrons. The van der Waals surface area contributed by atoms with Crippen LogP contribution in [0, 0.1) is 11.8 Å². The van der Waals surface area contributed by atoms with E-state index in [4.69, 9.17) is 14.2 Å². The number of rotatable bonds is 49. The van der Waals surface area contributed by atoms with Crippen molar-refractivity contribution in [1.82, 2.24) is 0 Å². The van der Waals surface area contributed by atoms with Crippen molar-refractivity contribution < 1.29 is 28.6 Å². The van der Waals surface area contributed by atoms with E-state index in [1.54, 1.807) is 0 Å². The quantitative estimate of drug-likeness (QED) is 0.0344. The Hall–Kier alpha value is -1.59. The van der Waals surface area contributed by atoms with Crippen LogP contribution in [0.5, 0.6) is 0 Å². The maximum atomic E-state index is 12.8. The van der Waals surface area contributed by atoms with E-state index in [1.165, 1.54) is 193 Å². The third-order valence-electron chi connectivity index (χ3n) is 12.5. The Morgan fingerprint density at radius 3 is 0.803 bits per heavy atom. The maximum absolute atomic E-state index is 12.8. The van der Waals surface area contributed by atoms with Gasteiger partial charge in [-0.2, -0.15) is 0 Å². The fourth-order valence-electron chi connectivity index (χ4n) is 8.34. The average Bonchev–Trinajstić information content (AvgIpc) is 3.23. The lowest BCUT2D eigenvalue weighted by Gasteiger charge is -2.18. The molecule has 0 radical (unpaired) electrons. The number of ether oxygens (including phenoxy) is 3. The van der Waals surface area contributed by atoms with Crippen LogP contribution in [0.3, 0.4) is 0 Å². The van der Waals surface area contributed by atoms with Crippen molar-refractivity contribution in [2.24, 2.45) is 11.8 Å². The van der Waals surface area contributed by atoms with Gasteiger partial charge in [0.2, 0.25) is 0 Å². The van der Waals surface area contributed by atoms with Crippen LogP contribution in [0.2, 0.25) is 0 Å². The van der Waals surface area contributed by atoms with Crippen LogP contribution in [0.1, 0.15) is 304 Å². The van der Waals surface area contributed by atoms with E-state index in [1.807, 2.05) is 0 Å². The van der Waals surface area contributed by atoms with Gasteiger partial charge in [0.1, 0.15) is 13.2 Å². The van der Waals surface area contributed by atoms with Gasteiger partial charge in [0.25, 0.3) is 0 Å². The predicted octanol–water partition coefficient (Wildman–Crippen LogP) is 17.7. The monoisotopic (exact) mass is 863 g/mol. The molecular weight excluding hydrogens is 757 g/mol. The van der Waals surface area contributed by atoms with Crippen molar-refractivity contribution in [3.8, 4) is 0 Å². The fourth-order valence-corrected chi connectivity index (χ4v) is 8.34. The average molecular weight is 863 g/mol. The molecular formula is C55H106O6. The summed E-state index contributed by atoms with van der Waals surface area (Å²) >= 11 is 0. The van der Waals surface area contributed by atoms with Crippen LogP contribution < -0.4 is 0 Å². The molecule has 6 nitrogen and oxygen atoms in total. The summed E-state index contributed by atoms with van der Waals surface area (Å²) in [4.78, 5) is 38.0. The SMILES string of the molecule is CCCCCCCCCCCCCCCCCCCC(=O)OC[C@H](COC(=O)CCCCCCCCCCCCCCCC(C)C)OC(=O)CCCCCCCCCC(C)C. The molecule has 0 fully saturated rings. The van der Waals surface area contributed by atoms with Crippen LogP contribution >= 0.6 is 0 Å². The van der Waals surface area contributed by atoms with Crippen LogP contribution in [0.15, 0.2) is 0 Å². The summed E-state index contributed by atoms with van der Waals surface area (Å²) in [5, 5.41) is 0. The molecule has 0 aromatic carbocycles. The Labute approximate surface area is 380 Å². The second-order valence-electron chi connectivity index (χ2n) is 19.8. The Morgan fingerprint density at radius 1 is 0.311 bits per heavy atom. The van der Waals surface area contributed by atoms with Crippen molar-refractivity contribution in [2.75, 3.05) is 13.2 Å². The highest BCUT2D eigenvalue weighted by molar-refractivity contribution is 5.71. The van der Waals surface area contributed by atoms with E-state index < -0.39 is 6.10 Å². The largest absolute Gasteiger partial charge is 0.462 e. The number of esters is 3. The number of carbonyl (C=O) groups excluding carboxylic acids is 3. The molecule has 6 heteroatoms. The van der Waals surface area contributed by atoms with Crippen LogP contribution in [0.25, 0.3) is 0 Å². The summed E-state index contributed by atoms with van der Waals surface area (Å²) in [5.41, 5.74) is 0. The summed E-state index contributed by atoms with van der Waals surface area (Å²) < 4.78 is 16.8. The van der Waals surface area contributed by atoms with E-state index in [9.17, 15) is 14.4 Å². The van der Waals surface area contributed by atoms with Crippen molar-refractivity contribution >= 4 is 17.9 Å². The van der Waals surface area contributed by atoms with Gasteiger partial charge in [-0.3, -0.25) is 14.4 Å². The minimum Gasteiger partial charge on any atom is -0.462 e. The molecule has 0 rings (SSSR count). The lowest BCUT2D eigenvalue weighted by molar-refractivity contribution is -0.167. The maximum Gasteiger partial charge on any atom is 0.306 e. The predicted molar refractivity (Wildman–Crippen MR) is 261 cm³/mol. The summed E-state index contributed by atoms with van der Waals surface area (Å²) in [6.45, 7) is 11.3. The first-order valence-corrected chi connectivity index (χ1v) is 27.2. The van der Waals surface area contributed by atoms with Gasteiger partial charge in [0, 0.05) is 19.3 Å². The standard InChI is InChI=1S/C55H106O6/c1-6-7-8-9-10-11-12-13-14-15-16-19-22-25-30-35-40-45-53(56)59-48-52(61-55(58)47-42-37-32-27-29-34-39-44-51(4)5)49-60-54(57)46-41-36-31-26-23-20-17-18-21-24-28-33-38-43-50(2)3/h50-52H,6-49H2,1-5H3/t52-/m1/s1. The molecule has 0 aromatic heterocycles. The summed E-state index contributed by atoms with van der Waals surface area (Å²) in [6, 6.07) is 0. The molecule has 0 amide bonds. The van der Waals surface area contributed by atoms with E-state index in [-0.39, 0.29) is 31.1 Å². The van der Waals surface area contributed by atoms with Crippen LogP contribution in [0.4, 0.5) is 0 Å². The zero-order chi connectivity index (χ0) is 44.7. The van der Waals surface area contributed by atoms with Crippen molar-refractivity contribution in [3.63, 3.8) is 0 Å². The van der Waals surface area contributed by atoms with E-state index >= 15 is 0 Å². The minimum absolute atomic E-state index is 0.0640. The van der Waals surface area contributed by atoms with Gasteiger partial charge in [-0.05, 0) is 31.1 Å². The Balaban J connectivity index is 4.24. The first-order valence-electron chi connectivity index (χ1n) is 27.2. The van der Waals surface area contributed by atoms with Crippen molar-refractivity contribution in [3.05, 3.63) is 0 Å². The van der Waals surface area contributed by atoms with Crippen LogP contribution in [-0.4, -0.2) is 37.2 Å².